The first-order valence-corrected chi connectivity index (χ1v) is 33.8. The molecule has 29 nitrogen and oxygen atoms in total. The van der Waals surface area contributed by atoms with E-state index in [1.54, 1.807) is 69.8 Å². The van der Waals surface area contributed by atoms with Crippen molar-refractivity contribution in [1.29, 1.82) is 0 Å². The molecule has 0 bridgehead atoms. The molecule has 5 aliphatic heterocycles. The van der Waals surface area contributed by atoms with E-state index in [4.69, 9.17) is 13.5 Å². The standard InChI is InChI=1S/C19H13N6.2C14H11N6.C13H8N5O.C13H8N5S/c1-2-6-13(7-3-1)24-17-19(25-16(22-17)9-5-11-21-25)23-12-15-14(18(23)24)8-4-10-20-15;2*1-18-12-14(20-11(17-12)5-3-7-16-20)19-8-10-9(13(18)19)4-2-6-15-10;1-3-8-9(14-5-1)7-17-12-11(19-13(8)17)16-10-4-2-6-15-18(10)12;1-3-8-9(14-4-1)7-18-10-12(19-11(8)18)17-6-2-5-15-13(17)16-10/h1-11H,12H2;2*2-7H,8H2,1H3;2*1-6H,7H2/q5*+1/i;1D3;;;. The number of fused-ring (bicyclic) bond motifs is 35. The fourth-order valence-corrected chi connectivity index (χ4v) is 16.2. The number of pyridine rings is 5. The highest BCUT2D eigenvalue weighted by Crippen LogP contribution is 2.37. The summed E-state index contributed by atoms with van der Waals surface area (Å²) in [4.78, 5) is 50.8. The highest BCUT2D eigenvalue weighted by molar-refractivity contribution is 7.20. The molecule has 0 saturated carbocycles. The van der Waals surface area contributed by atoms with E-state index in [2.05, 4.69) is 128 Å². The van der Waals surface area contributed by atoms with Crippen molar-refractivity contribution in [3.63, 3.8) is 0 Å². The SMILES string of the molecule is Cn1c2[n+](c3c1nc1cccnn13)Cc1ncccc1-2.[2H]C([2H])([2H])n1c2[n+](c3c1nc1cccnn13)Cc1ncccc1-2.c1ccc(-n2c3[n+](c4c2nc2cccnn24)Cc2ncccc2-3)cc1.c1cnc2c(c1)-c1oc3nc4cccnn4c3[n+]1C2.c1cnc2c(c1)-c1sc3c(nc4ncccn43)[n+]1C2. The van der Waals surface area contributed by atoms with Gasteiger partial charge in [0.1, 0.15) is 38.4 Å². The summed E-state index contributed by atoms with van der Waals surface area (Å²) in [5.41, 5.74) is 22.2. The molecular weight excluding hydrogens is 1320 g/mol. The molecule has 0 N–H and O–H groups in total. The Balaban J connectivity index is 0.0000000830. The number of benzene rings is 1. The Labute approximate surface area is 586 Å². The van der Waals surface area contributed by atoms with Crippen molar-refractivity contribution in [2.24, 2.45) is 14.0 Å². The summed E-state index contributed by atoms with van der Waals surface area (Å²) < 4.78 is 55.4. The molecule has 0 radical (unpaired) electrons. The number of para-hydroxylation sites is 1. The summed E-state index contributed by atoms with van der Waals surface area (Å²) in [6.45, 7) is 1.17. The number of aryl methyl sites for hydroxylation is 2. The van der Waals surface area contributed by atoms with Gasteiger partial charge in [0.05, 0.1) is 99.2 Å². The van der Waals surface area contributed by atoms with Crippen molar-refractivity contribution in [3.05, 3.63) is 242 Å². The van der Waals surface area contributed by atoms with Crippen molar-refractivity contribution in [2.45, 2.75) is 32.7 Å². The summed E-state index contributed by atoms with van der Waals surface area (Å²) >= 11 is 1.75. The van der Waals surface area contributed by atoms with Gasteiger partial charge >= 0.3 is 45.6 Å². The Bertz CT molecular complexity index is 7240. The highest BCUT2D eigenvalue weighted by atomic mass is 32.1. The van der Waals surface area contributed by atoms with Gasteiger partial charge in [-0.1, -0.05) is 39.1 Å². The zero-order valence-electron chi connectivity index (χ0n) is 57.1. The molecule has 30 heteroatoms. The molecule has 0 atom stereocenters. The van der Waals surface area contributed by atoms with Crippen LogP contribution in [0.25, 0.3) is 146 Å². The van der Waals surface area contributed by atoms with Gasteiger partial charge in [-0.05, 0) is 103 Å². The lowest BCUT2D eigenvalue weighted by Gasteiger charge is -2.02. The van der Waals surface area contributed by atoms with E-state index in [1.165, 1.54) is 20.7 Å². The molecule has 25 heterocycles. The van der Waals surface area contributed by atoms with Crippen molar-refractivity contribution in [2.75, 3.05) is 0 Å². The van der Waals surface area contributed by atoms with Crippen LogP contribution in [0.2, 0.25) is 0 Å². The van der Waals surface area contributed by atoms with Crippen LogP contribution in [0.5, 0.6) is 0 Å². The second kappa shape index (κ2) is 21.7. The maximum Gasteiger partial charge on any atom is 0.376 e. The molecule has 1 aromatic carbocycles. The fourth-order valence-electron chi connectivity index (χ4n) is 15.0. The minimum Gasteiger partial charge on any atom is -0.395 e. The topological polar surface area (TPSA) is 263 Å². The fraction of sp³-hybridized carbons (Fsp3) is 0.0959. The number of rotatable bonds is 1. The number of aromatic nitrogens is 28. The third-order valence-corrected chi connectivity index (χ3v) is 20.5. The number of imidazole rings is 8. The van der Waals surface area contributed by atoms with Gasteiger partial charge in [0.2, 0.25) is 39.2 Å². The normalized spacial score (nSPS) is 13.5. The summed E-state index contributed by atoms with van der Waals surface area (Å²) in [5.74, 6) is 4.41. The number of nitrogens with zero attached hydrogens (tertiary/aromatic N) is 28. The van der Waals surface area contributed by atoms with E-state index in [0.717, 1.165) is 149 Å². The summed E-state index contributed by atoms with van der Waals surface area (Å²) in [6, 6.07) is 47.3. The number of oxazole rings is 1. The Morgan fingerprint density at radius 3 is 1.44 bits per heavy atom. The van der Waals surface area contributed by atoms with Gasteiger partial charge in [-0.25, -0.2) is 36.4 Å². The van der Waals surface area contributed by atoms with Crippen LogP contribution in [0, 0.1) is 0 Å². The molecule has 21 aromatic rings. The minimum atomic E-state index is -2.34. The van der Waals surface area contributed by atoms with Gasteiger partial charge in [0.15, 0.2) is 5.01 Å². The van der Waals surface area contributed by atoms with Gasteiger partial charge in [0, 0.05) is 72.6 Å². The first-order valence-electron chi connectivity index (χ1n) is 34.5. The molecule has 0 spiro atoms. The summed E-state index contributed by atoms with van der Waals surface area (Å²) in [6.07, 6.45) is 19.8. The first kappa shape index (κ1) is 53.8. The van der Waals surface area contributed by atoms with Crippen molar-refractivity contribution in [3.8, 4) is 61.9 Å². The van der Waals surface area contributed by atoms with Crippen molar-refractivity contribution < 1.29 is 31.4 Å². The summed E-state index contributed by atoms with van der Waals surface area (Å²) in [7, 11) is 2.04. The van der Waals surface area contributed by atoms with Crippen LogP contribution in [0.1, 0.15) is 32.6 Å². The minimum absolute atomic E-state index is 0.410. The molecule has 20 aromatic heterocycles. The van der Waals surface area contributed by atoms with Crippen LogP contribution in [-0.4, -0.2) is 111 Å². The molecule has 0 unspecified atom stereocenters. The van der Waals surface area contributed by atoms with E-state index < -0.39 is 6.98 Å². The van der Waals surface area contributed by atoms with E-state index in [-0.39, 0.29) is 0 Å². The van der Waals surface area contributed by atoms with Crippen molar-refractivity contribution in [1.82, 2.24) is 111 Å². The van der Waals surface area contributed by atoms with E-state index in [0.29, 0.717) is 41.6 Å². The highest BCUT2D eigenvalue weighted by Gasteiger charge is 2.41. The van der Waals surface area contributed by atoms with Crippen LogP contribution in [0.4, 0.5) is 0 Å². The van der Waals surface area contributed by atoms with E-state index >= 15 is 0 Å². The van der Waals surface area contributed by atoms with Crippen LogP contribution >= 0.6 is 11.3 Å². The van der Waals surface area contributed by atoms with Gasteiger partial charge < -0.3 is 4.42 Å². The average molecular weight is 1370 g/mol. The average Bonchev–Trinajstić information content (AvgIpc) is 1.51. The molecular formula is C73H51N28OS+5. The van der Waals surface area contributed by atoms with Gasteiger partial charge in [-0.15, -0.1) is 28.8 Å². The van der Waals surface area contributed by atoms with Crippen LogP contribution in [-0.2, 0) is 46.7 Å². The van der Waals surface area contributed by atoms with Gasteiger partial charge in [-0.2, -0.15) is 29.5 Å². The molecule has 0 saturated heterocycles. The van der Waals surface area contributed by atoms with Crippen molar-refractivity contribution >= 4 is 95.4 Å². The zero-order valence-corrected chi connectivity index (χ0v) is 54.9. The molecule has 26 rings (SSSR count). The molecule has 103 heavy (non-hydrogen) atoms. The predicted octanol–water partition coefficient (Wildman–Crippen LogP) is 7.09. The Hall–Kier alpha value is -14.2. The number of thiazole rings is 1. The zero-order chi connectivity index (χ0) is 70.2. The van der Waals surface area contributed by atoms with Crippen LogP contribution < -0.4 is 22.8 Å². The second-order valence-corrected chi connectivity index (χ2v) is 26.0. The van der Waals surface area contributed by atoms with Gasteiger partial charge in [0.25, 0.3) is 22.6 Å². The van der Waals surface area contributed by atoms with Gasteiger partial charge in [-0.3, -0.25) is 24.9 Å². The molecule has 0 amide bonds. The third kappa shape index (κ3) is 8.27. The lowest BCUT2D eigenvalue weighted by molar-refractivity contribution is -0.652. The monoisotopic (exact) mass is 1370 g/mol. The van der Waals surface area contributed by atoms with Crippen LogP contribution in [0.15, 0.2) is 218 Å². The quantitative estimate of drug-likeness (QED) is 0.149. The summed E-state index contributed by atoms with van der Waals surface area (Å²) in [5, 5.41) is 18.8. The molecule has 0 fully saturated rings. The largest absolute Gasteiger partial charge is 0.395 e. The number of hydrogen-bond donors (Lipinski definition) is 0. The maximum absolute atomic E-state index is 7.95. The lowest BCUT2D eigenvalue weighted by atomic mass is 10.2. The Morgan fingerprint density at radius 1 is 0.398 bits per heavy atom. The predicted molar refractivity (Wildman–Crippen MR) is 373 cm³/mol. The van der Waals surface area contributed by atoms with Crippen LogP contribution in [0.3, 0.4) is 0 Å². The third-order valence-electron chi connectivity index (χ3n) is 19.3. The Morgan fingerprint density at radius 2 is 0.845 bits per heavy atom. The smallest absolute Gasteiger partial charge is 0.376 e. The van der Waals surface area contributed by atoms with E-state index in [9.17, 15) is 0 Å². The lowest BCUT2D eigenvalue weighted by Crippen LogP contribution is -2.33. The first-order chi connectivity index (χ1) is 52.1. The van der Waals surface area contributed by atoms with E-state index in [1.807, 2.05) is 159 Å². The molecule has 490 valence electrons. The molecule has 0 aliphatic carbocycles. The molecule has 5 aliphatic rings. The Kier molecular flexibility index (Phi) is 11.3. The maximum atomic E-state index is 7.95. The second-order valence-electron chi connectivity index (χ2n) is 25.0. The number of hydrogen-bond acceptors (Lipinski definition) is 17.